The van der Waals surface area contributed by atoms with E-state index in [9.17, 15) is 13.9 Å². The number of halogens is 2. The second kappa shape index (κ2) is 4.37. The molecule has 4 heteroatoms. The van der Waals surface area contributed by atoms with E-state index in [0.717, 1.165) is 37.8 Å². The quantitative estimate of drug-likeness (QED) is 0.816. The molecule has 2 rings (SSSR count). The van der Waals surface area contributed by atoms with Crippen LogP contribution in [-0.4, -0.2) is 5.11 Å². The molecule has 0 amide bonds. The van der Waals surface area contributed by atoms with Gasteiger partial charge in [-0.1, -0.05) is 12.8 Å². The predicted molar refractivity (Wildman–Crippen MR) is 56.9 cm³/mol. The first-order valence-corrected chi connectivity index (χ1v) is 5.53. The van der Waals surface area contributed by atoms with Gasteiger partial charge in [0.25, 0.3) is 0 Å². The summed E-state index contributed by atoms with van der Waals surface area (Å²) in [5.74, 6) is -1.72. The summed E-state index contributed by atoms with van der Waals surface area (Å²) >= 11 is 0. The largest absolute Gasteiger partial charge is 0.507 e. The Morgan fingerprint density at radius 1 is 1.25 bits per heavy atom. The van der Waals surface area contributed by atoms with Crippen LogP contribution < -0.4 is 5.73 Å². The summed E-state index contributed by atoms with van der Waals surface area (Å²) in [7, 11) is 0. The number of phenols is 1. The normalized spacial score (nSPS) is 18.9. The first-order valence-electron chi connectivity index (χ1n) is 5.53. The summed E-state index contributed by atoms with van der Waals surface area (Å²) < 4.78 is 26.3. The zero-order valence-corrected chi connectivity index (χ0v) is 8.92. The van der Waals surface area contributed by atoms with Crippen LogP contribution in [0, 0.1) is 17.6 Å². The first kappa shape index (κ1) is 11.3. The van der Waals surface area contributed by atoms with Crippen LogP contribution in [0.3, 0.4) is 0 Å². The molecule has 0 aliphatic heterocycles. The van der Waals surface area contributed by atoms with Crippen molar-refractivity contribution in [3.05, 3.63) is 29.3 Å². The Labute approximate surface area is 93.1 Å². The van der Waals surface area contributed by atoms with Crippen molar-refractivity contribution < 1.29 is 13.9 Å². The van der Waals surface area contributed by atoms with Gasteiger partial charge in [-0.3, -0.25) is 0 Å². The maximum Gasteiger partial charge on any atom is 0.134 e. The minimum absolute atomic E-state index is 0.0494. The van der Waals surface area contributed by atoms with Gasteiger partial charge in [0.05, 0.1) is 0 Å². The number of rotatable bonds is 2. The lowest BCUT2D eigenvalue weighted by Crippen LogP contribution is -2.20. The van der Waals surface area contributed by atoms with Gasteiger partial charge in [-0.05, 0) is 18.8 Å². The molecular formula is C12H15F2NO. The number of aromatic hydroxyl groups is 1. The fraction of sp³-hybridized carbons (Fsp3) is 0.500. The van der Waals surface area contributed by atoms with E-state index in [1.807, 2.05) is 0 Å². The number of benzene rings is 1. The summed E-state index contributed by atoms with van der Waals surface area (Å²) in [6, 6.07) is 1.14. The molecule has 88 valence electrons. The van der Waals surface area contributed by atoms with Crippen LogP contribution in [0.15, 0.2) is 12.1 Å². The summed E-state index contributed by atoms with van der Waals surface area (Å²) in [5.41, 5.74) is 5.98. The van der Waals surface area contributed by atoms with Crippen LogP contribution in [0.25, 0.3) is 0 Å². The third kappa shape index (κ3) is 2.02. The molecule has 0 spiro atoms. The molecule has 16 heavy (non-hydrogen) atoms. The van der Waals surface area contributed by atoms with Gasteiger partial charge in [0.2, 0.25) is 0 Å². The van der Waals surface area contributed by atoms with E-state index in [4.69, 9.17) is 5.73 Å². The van der Waals surface area contributed by atoms with Crippen molar-refractivity contribution in [3.8, 4) is 5.75 Å². The SMILES string of the molecule is N[C@@H](c1c(O)cc(F)cc1F)C1CCCC1. The molecule has 0 heterocycles. The maximum absolute atomic E-state index is 13.5. The molecule has 0 unspecified atom stereocenters. The molecule has 0 saturated heterocycles. The van der Waals surface area contributed by atoms with Crippen molar-refractivity contribution in [2.45, 2.75) is 31.7 Å². The highest BCUT2D eigenvalue weighted by Gasteiger charge is 2.27. The summed E-state index contributed by atoms with van der Waals surface area (Å²) in [5, 5.41) is 9.54. The van der Waals surface area contributed by atoms with Crippen molar-refractivity contribution in [2.24, 2.45) is 11.7 Å². The second-order valence-corrected chi connectivity index (χ2v) is 4.39. The fourth-order valence-corrected chi connectivity index (χ4v) is 2.45. The maximum atomic E-state index is 13.5. The molecule has 0 bridgehead atoms. The molecule has 1 atom stereocenters. The van der Waals surface area contributed by atoms with Gasteiger partial charge in [-0.25, -0.2) is 8.78 Å². The summed E-state index contributed by atoms with van der Waals surface area (Å²) in [4.78, 5) is 0. The van der Waals surface area contributed by atoms with Crippen molar-refractivity contribution in [1.29, 1.82) is 0 Å². The van der Waals surface area contributed by atoms with E-state index in [-0.39, 0.29) is 17.2 Å². The Morgan fingerprint density at radius 2 is 1.88 bits per heavy atom. The van der Waals surface area contributed by atoms with Crippen LogP contribution in [0.2, 0.25) is 0 Å². The average molecular weight is 227 g/mol. The number of nitrogens with two attached hydrogens (primary N) is 1. The van der Waals surface area contributed by atoms with Crippen molar-refractivity contribution in [1.82, 2.24) is 0 Å². The molecule has 1 aliphatic rings. The Hall–Kier alpha value is -1.16. The lowest BCUT2D eigenvalue weighted by molar-refractivity contribution is 0.392. The molecule has 1 aromatic carbocycles. The van der Waals surface area contributed by atoms with Crippen molar-refractivity contribution >= 4 is 0 Å². The highest BCUT2D eigenvalue weighted by molar-refractivity contribution is 5.37. The third-order valence-electron chi connectivity index (χ3n) is 3.31. The topological polar surface area (TPSA) is 46.2 Å². The molecular weight excluding hydrogens is 212 g/mol. The first-order chi connectivity index (χ1) is 7.59. The van der Waals surface area contributed by atoms with Gasteiger partial charge in [0.1, 0.15) is 17.4 Å². The van der Waals surface area contributed by atoms with E-state index in [1.165, 1.54) is 0 Å². The number of hydrogen-bond donors (Lipinski definition) is 2. The van der Waals surface area contributed by atoms with Gasteiger partial charge in [0.15, 0.2) is 0 Å². The predicted octanol–water partition coefficient (Wildman–Crippen LogP) is 2.86. The Kier molecular flexibility index (Phi) is 3.10. The van der Waals surface area contributed by atoms with Gasteiger partial charge in [0, 0.05) is 23.7 Å². The second-order valence-electron chi connectivity index (χ2n) is 4.39. The standard InChI is InChI=1S/C12H15F2NO/c13-8-5-9(14)11(10(16)6-8)12(15)7-3-1-2-4-7/h5-7,12,16H,1-4,15H2/t12-/m1/s1. The Bertz CT molecular complexity index is 366. The highest BCUT2D eigenvalue weighted by Crippen LogP contribution is 2.38. The molecule has 0 radical (unpaired) electrons. The van der Waals surface area contributed by atoms with Gasteiger partial charge in [-0.15, -0.1) is 0 Å². The summed E-state index contributed by atoms with van der Waals surface area (Å²) in [6.45, 7) is 0. The van der Waals surface area contributed by atoms with Crippen molar-refractivity contribution in [3.63, 3.8) is 0 Å². The molecule has 0 aromatic heterocycles. The highest BCUT2D eigenvalue weighted by atomic mass is 19.1. The van der Waals surface area contributed by atoms with Crippen LogP contribution in [0.4, 0.5) is 8.78 Å². The number of hydrogen-bond acceptors (Lipinski definition) is 2. The van der Waals surface area contributed by atoms with Crippen LogP contribution >= 0.6 is 0 Å². The molecule has 1 aromatic rings. The lowest BCUT2D eigenvalue weighted by Gasteiger charge is -2.20. The summed E-state index contributed by atoms with van der Waals surface area (Å²) in [6.07, 6.45) is 4.05. The molecule has 2 nitrogen and oxygen atoms in total. The average Bonchev–Trinajstić information content (AvgIpc) is 2.67. The smallest absolute Gasteiger partial charge is 0.134 e. The minimum atomic E-state index is -0.780. The third-order valence-corrected chi connectivity index (χ3v) is 3.31. The van der Waals surface area contributed by atoms with E-state index < -0.39 is 17.7 Å². The van der Waals surface area contributed by atoms with Gasteiger partial charge in [-0.2, -0.15) is 0 Å². The molecule has 1 fully saturated rings. The van der Waals surface area contributed by atoms with Crippen LogP contribution in [0.1, 0.15) is 37.3 Å². The van der Waals surface area contributed by atoms with E-state index >= 15 is 0 Å². The van der Waals surface area contributed by atoms with Crippen molar-refractivity contribution in [2.75, 3.05) is 0 Å². The molecule has 1 aliphatic carbocycles. The lowest BCUT2D eigenvalue weighted by atomic mass is 9.91. The number of phenolic OH excluding ortho intramolecular Hbond substituents is 1. The Balaban J connectivity index is 2.31. The van der Waals surface area contributed by atoms with Crippen LogP contribution in [-0.2, 0) is 0 Å². The van der Waals surface area contributed by atoms with Gasteiger partial charge >= 0.3 is 0 Å². The molecule has 3 N–H and O–H groups in total. The zero-order chi connectivity index (χ0) is 11.7. The van der Waals surface area contributed by atoms with Crippen LogP contribution in [0.5, 0.6) is 5.75 Å². The van der Waals surface area contributed by atoms with E-state index in [0.29, 0.717) is 0 Å². The molecule has 1 saturated carbocycles. The van der Waals surface area contributed by atoms with E-state index in [1.54, 1.807) is 0 Å². The monoisotopic (exact) mass is 227 g/mol. The fourth-order valence-electron chi connectivity index (χ4n) is 2.45. The minimum Gasteiger partial charge on any atom is -0.507 e. The van der Waals surface area contributed by atoms with Gasteiger partial charge < -0.3 is 10.8 Å². The zero-order valence-electron chi connectivity index (χ0n) is 8.92. The Morgan fingerprint density at radius 3 is 2.44 bits per heavy atom. The van der Waals surface area contributed by atoms with E-state index in [2.05, 4.69) is 0 Å².